The standard InChI is InChI=1S/C25H20N2O3/c1-15-10-11-20-18(13-15)19-14-29-22-17-9-6-12-26-23(17)27(16-7-4-3-5-8-16)24(28)21(22)25(19,2)30-20/h3-13,19H,14H2,1-2H3/t19-,25+/m1/s1. The van der Waals surface area contributed by atoms with Gasteiger partial charge in [0.15, 0.2) is 11.2 Å². The largest absolute Gasteiger partial charge is 0.491 e. The Morgan fingerprint density at radius 3 is 2.77 bits per heavy atom. The summed E-state index contributed by atoms with van der Waals surface area (Å²) in [7, 11) is 0. The quantitative estimate of drug-likeness (QED) is 0.476. The highest BCUT2D eigenvalue weighted by Crippen LogP contribution is 2.55. The zero-order valence-electron chi connectivity index (χ0n) is 16.8. The third-order valence-electron chi connectivity index (χ3n) is 6.32. The summed E-state index contributed by atoms with van der Waals surface area (Å²) in [6.45, 7) is 4.53. The van der Waals surface area contributed by atoms with E-state index in [1.807, 2.05) is 61.5 Å². The second-order valence-corrected chi connectivity index (χ2v) is 8.17. The zero-order chi connectivity index (χ0) is 20.5. The monoisotopic (exact) mass is 396 g/mol. The predicted octanol–water partition coefficient (Wildman–Crippen LogP) is 4.48. The molecule has 0 aliphatic carbocycles. The molecule has 5 heteroatoms. The number of ether oxygens (including phenoxy) is 2. The van der Waals surface area contributed by atoms with Crippen molar-refractivity contribution in [1.82, 2.24) is 9.55 Å². The van der Waals surface area contributed by atoms with Gasteiger partial charge in [-0.3, -0.25) is 9.36 Å². The van der Waals surface area contributed by atoms with Crippen molar-refractivity contribution in [1.29, 1.82) is 0 Å². The number of hydrogen-bond acceptors (Lipinski definition) is 4. The van der Waals surface area contributed by atoms with Gasteiger partial charge in [-0.25, -0.2) is 4.98 Å². The normalized spacial score (nSPS) is 21.3. The van der Waals surface area contributed by atoms with Crippen molar-refractivity contribution in [3.8, 4) is 17.2 Å². The first-order valence-electron chi connectivity index (χ1n) is 10.1. The molecule has 4 heterocycles. The minimum atomic E-state index is -0.804. The molecule has 0 spiro atoms. The first kappa shape index (κ1) is 17.3. The Morgan fingerprint density at radius 2 is 1.93 bits per heavy atom. The van der Waals surface area contributed by atoms with Crippen molar-refractivity contribution in [3.05, 3.63) is 93.9 Å². The summed E-state index contributed by atoms with van der Waals surface area (Å²) in [6.07, 6.45) is 1.70. The molecule has 0 radical (unpaired) electrons. The van der Waals surface area contributed by atoms with Crippen LogP contribution in [-0.4, -0.2) is 16.2 Å². The maximum absolute atomic E-state index is 14.0. The number of para-hydroxylation sites is 1. The molecule has 6 rings (SSSR count). The average molecular weight is 396 g/mol. The highest BCUT2D eigenvalue weighted by Gasteiger charge is 2.53. The molecule has 2 aliphatic heterocycles. The lowest BCUT2D eigenvalue weighted by atomic mass is 9.78. The predicted molar refractivity (Wildman–Crippen MR) is 115 cm³/mol. The minimum Gasteiger partial charge on any atom is -0.491 e. The van der Waals surface area contributed by atoms with Gasteiger partial charge in [0, 0.05) is 11.8 Å². The molecular weight excluding hydrogens is 376 g/mol. The van der Waals surface area contributed by atoms with Crippen LogP contribution in [-0.2, 0) is 5.60 Å². The van der Waals surface area contributed by atoms with Gasteiger partial charge in [0.2, 0.25) is 0 Å². The molecule has 148 valence electrons. The topological polar surface area (TPSA) is 53.4 Å². The molecule has 0 amide bonds. The number of pyridine rings is 2. The molecule has 0 N–H and O–H groups in total. The molecule has 0 unspecified atom stereocenters. The molecule has 0 saturated carbocycles. The maximum Gasteiger partial charge on any atom is 0.267 e. The van der Waals surface area contributed by atoms with Gasteiger partial charge in [0.05, 0.1) is 23.6 Å². The van der Waals surface area contributed by atoms with Crippen molar-refractivity contribution >= 4 is 11.0 Å². The van der Waals surface area contributed by atoms with Crippen LogP contribution in [0.3, 0.4) is 0 Å². The number of benzene rings is 2. The fourth-order valence-electron chi connectivity index (χ4n) is 4.87. The van der Waals surface area contributed by atoms with E-state index >= 15 is 0 Å². The first-order valence-corrected chi connectivity index (χ1v) is 10.1. The number of aryl methyl sites for hydroxylation is 1. The molecule has 0 saturated heterocycles. The van der Waals surface area contributed by atoms with Gasteiger partial charge < -0.3 is 9.47 Å². The van der Waals surface area contributed by atoms with Gasteiger partial charge in [-0.15, -0.1) is 0 Å². The summed E-state index contributed by atoms with van der Waals surface area (Å²) in [4.78, 5) is 18.5. The van der Waals surface area contributed by atoms with E-state index in [9.17, 15) is 4.79 Å². The fourth-order valence-corrected chi connectivity index (χ4v) is 4.87. The Labute approximate surface area is 173 Å². The summed E-state index contributed by atoms with van der Waals surface area (Å²) in [5, 5.41) is 0.811. The van der Waals surface area contributed by atoms with E-state index in [1.54, 1.807) is 10.8 Å². The Morgan fingerprint density at radius 1 is 1.10 bits per heavy atom. The molecule has 2 aromatic carbocycles. The Kier molecular flexibility index (Phi) is 3.43. The van der Waals surface area contributed by atoms with Crippen LogP contribution in [0.15, 0.2) is 71.7 Å². The lowest BCUT2D eigenvalue weighted by Crippen LogP contribution is -2.45. The van der Waals surface area contributed by atoms with E-state index < -0.39 is 5.60 Å². The summed E-state index contributed by atoms with van der Waals surface area (Å²) >= 11 is 0. The van der Waals surface area contributed by atoms with E-state index in [2.05, 4.69) is 18.0 Å². The average Bonchev–Trinajstić information content (AvgIpc) is 3.05. The summed E-state index contributed by atoms with van der Waals surface area (Å²) in [5.41, 5.74) is 3.21. The van der Waals surface area contributed by atoms with Crippen LogP contribution >= 0.6 is 0 Å². The maximum atomic E-state index is 14.0. The Balaban J connectivity index is 1.70. The van der Waals surface area contributed by atoms with Crippen LogP contribution in [0.25, 0.3) is 16.7 Å². The Bertz CT molecular complexity index is 1380. The highest BCUT2D eigenvalue weighted by atomic mass is 16.5. The van der Waals surface area contributed by atoms with E-state index in [0.29, 0.717) is 23.6 Å². The van der Waals surface area contributed by atoms with Crippen LogP contribution in [0.2, 0.25) is 0 Å². The smallest absolute Gasteiger partial charge is 0.267 e. The highest BCUT2D eigenvalue weighted by molar-refractivity contribution is 5.86. The second-order valence-electron chi connectivity index (χ2n) is 8.17. The number of hydrogen-bond donors (Lipinski definition) is 0. The van der Waals surface area contributed by atoms with Gasteiger partial charge in [-0.05, 0) is 44.2 Å². The van der Waals surface area contributed by atoms with Crippen molar-refractivity contribution < 1.29 is 9.47 Å². The molecule has 5 nitrogen and oxygen atoms in total. The lowest BCUT2D eigenvalue weighted by Gasteiger charge is -2.37. The van der Waals surface area contributed by atoms with Crippen molar-refractivity contribution in [2.24, 2.45) is 0 Å². The van der Waals surface area contributed by atoms with Gasteiger partial charge in [0.1, 0.15) is 17.1 Å². The third kappa shape index (κ3) is 2.17. The van der Waals surface area contributed by atoms with Crippen LogP contribution in [0.5, 0.6) is 11.5 Å². The molecular formula is C25H20N2O3. The zero-order valence-corrected chi connectivity index (χ0v) is 16.8. The molecule has 2 atom stereocenters. The summed E-state index contributed by atoms with van der Waals surface area (Å²) < 4.78 is 14.4. The number of aromatic nitrogens is 2. The molecule has 2 aromatic heterocycles. The fraction of sp³-hybridized carbons (Fsp3) is 0.200. The minimum absolute atomic E-state index is 0.0501. The molecule has 0 bridgehead atoms. The van der Waals surface area contributed by atoms with Gasteiger partial charge in [-0.2, -0.15) is 0 Å². The van der Waals surface area contributed by atoms with Crippen LogP contribution in [0, 0.1) is 6.92 Å². The third-order valence-corrected chi connectivity index (χ3v) is 6.32. The summed E-state index contributed by atoms with van der Waals surface area (Å²) in [6, 6.07) is 19.6. The molecule has 0 fully saturated rings. The van der Waals surface area contributed by atoms with E-state index in [4.69, 9.17) is 9.47 Å². The van der Waals surface area contributed by atoms with Gasteiger partial charge >= 0.3 is 0 Å². The molecule has 30 heavy (non-hydrogen) atoms. The molecule has 4 aromatic rings. The Hall–Kier alpha value is -3.60. The number of nitrogens with zero attached hydrogens (tertiary/aromatic N) is 2. The van der Waals surface area contributed by atoms with Crippen molar-refractivity contribution in [2.75, 3.05) is 6.61 Å². The summed E-state index contributed by atoms with van der Waals surface area (Å²) in [5.74, 6) is 1.35. The lowest BCUT2D eigenvalue weighted by molar-refractivity contribution is 0.0424. The number of rotatable bonds is 1. The second kappa shape index (κ2) is 5.95. The van der Waals surface area contributed by atoms with Crippen LogP contribution in [0.1, 0.15) is 29.5 Å². The number of fused-ring (bicyclic) bond motifs is 7. The van der Waals surface area contributed by atoms with E-state index in [1.165, 1.54) is 0 Å². The van der Waals surface area contributed by atoms with Crippen LogP contribution < -0.4 is 15.0 Å². The van der Waals surface area contributed by atoms with Crippen molar-refractivity contribution in [2.45, 2.75) is 25.4 Å². The van der Waals surface area contributed by atoms with Gasteiger partial charge in [-0.1, -0.05) is 35.9 Å². The molecule has 2 aliphatic rings. The van der Waals surface area contributed by atoms with E-state index in [-0.39, 0.29) is 11.5 Å². The SMILES string of the molecule is Cc1ccc2c(c1)[C@H]1COc3c(c(=O)n(-c4ccccc4)c4ncccc34)[C@@]1(C)O2. The van der Waals surface area contributed by atoms with Crippen molar-refractivity contribution in [3.63, 3.8) is 0 Å². The van der Waals surface area contributed by atoms with Gasteiger partial charge in [0.25, 0.3) is 5.56 Å². The van der Waals surface area contributed by atoms with E-state index in [0.717, 1.165) is 28.0 Å². The van der Waals surface area contributed by atoms with Crippen LogP contribution in [0.4, 0.5) is 0 Å². The first-order chi connectivity index (χ1) is 14.6.